The smallest absolute Gasteiger partial charge is 0.261 e. The molecular weight excluding hydrogens is 355 g/mol. The van der Waals surface area contributed by atoms with E-state index in [9.17, 15) is 17.6 Å². The van der Waals surface area contributed by atoms with Gasteiger partial charge in [0.05, 0.1) is 4.90 Å². The minimum atomic E-state index is -3.79. The highest BCUT2D eigenvalue weighted by atomic mass is 32.2. The number of sulfonamides is 1. The Morgan fingerprint density at radius 2 is 1.62 bits per heavy atom. The Kier molecular flexibility index (Phi) is 5.37. The predicted molar refractivity (Wildman–Crippen MR) is 98.8 cm³/mol. The molecule has 0 saturated carbocycles. The van der Waals surface area contributed by atoms with E-state index < -0.39 is 15.8 Å². The molecule has 1 atom stereocenters. The van der Waals surface area contributed by atoms with E-state index in [1.807, 2.05) is 6.08 Å². The number of allylic oxidation sites excluding steroid dienone is 2. The molecule has 2 aromatic carbocycles. The summed E-state index contributed by atoms with van der Waals surface area (Å²) in [4.78, 5) is 12.2. The van der Waals surface area contributed by atoms with Gasteiger partial charge in [-0.15, -0.1) is 0 Å². The van der Waals surface area contributed by atoms with E-state index in [4.69, 9.17) is 0 Å². The molecule has 1 aliphatic rings. The SMILES string of the molecule is O=C(Nc1ccc(NS(=O)(=O)c2ccc(F)cc2)cc1)C1CC=CCC1. The molecule has 1 aliphatic carbocycles. The van der Waals surface area contributed by atoms with Crippen molar-refractivity contribution in [3.8, 4) is 0 Å². The molecule has 0 aromatic heterocycles. The van der Waals surface area contributed by atoms with E-state index in [-0.39, 0.29) is 16.7 Å². The highest BCUT2D eigenvalue weighted by Gasteiger charge is 2.19. The number of anilines is 2. The summed E-state index contributed by atoms with van der Waals surface area (Å²) in [6, 6.07) is 11.0. The second-order valence-electron chi connectivity index (χ2n) is 6.11. The minimum Gasteiger partial charge on any atom is -0.326 e. The number of carbonyl (C=O) groups is 1. The maximum atomic E-state index is 12.9. The first-order chi connectivity index (χ1) is 12.4. The monoisotopic (exact) mass is 374 g/mol. The third kappa shape index (κ3) is 4.49. The molecule has 2 aromatic rings. The van der Waals surface area contributed by atoms with Crippen LogP contribution in [0.2, 0.25) is 0 Å². The highest BCUT2D eigenvalue weighted by Crippen LogP contribution is 2.22. The molecule has 0 fully saturated rings. The Hall–Kier alpha value is -2.67. The quantitative estimate of drug-likeness (QED) is 0.779. The molecule has 0 saturated heterocycles. The summed E-state index contributed by atoms with van der Waals surface area (Å²) in [5.74, 6) is -0.567. The fourth-order valence-corrected chi connectivity index (χ4v) is 3.78. The van der Waals surface area contributed by atoms with Gasteiger partial charge >= 0.3 is 0 Å². The number of benzene rings is 2. The second-order valence-corrected chi connectivity index (χ2v) is 7.79. The number of amides is 1. The van der Waals surface area contributed by atoms with Crippen LogP contribution in [-0.4, -0.2) is 14.3 Å². The Bertz CT molecular complexity index is 907. The van der Waals surface area contributed by atoms with Crippen LogP contribution in [0.15, 0.2) is 65.6 Å². The minimum absolute atomic E-state index is 0.0263. The first-order valence-corrected chi connectivity index (χ1v) is 9.77. The van der Waals surface area contributed by atoms with Crippen LogP contribution in [0.25, 0.3) is 0 Å². The van der Waals surface area contributed by atoms with Crippen molar-refractivity contribution in [2.75, 3.05) is 10.0 Å². The molecule has 26 heavy (non-hydrogen) atoms. The van der Waals surface area contributed by atoms with Gasteiger partial charge in [-0.25, -0.2) is 12.8 Å². The molecule has 3 rings (SSSR count). The van der Waals surface area contributed by atoms with Crippen molar-refractivity contribution in [3.05, 3.63) is 66.5 Å². The highest BCUT2D eigenvalue weighted by molar-refractivity contribution is 7.92. The lowest BCUT2D eigenvalue weighted by atomic mass is 9.93. The first-order valence-electron chi connectivity index (χ1n) is 8.28. The third-order valence-electron chi connectivity index (χ3n) is 4.17. The number of nitrogens with one attached hydrogen (secondary N) is 2. The van der Waals surface area contributed by atoms with Gasteiger partial charge in [0.1, 0.15) is 5.82 Å². The topological polar surface area (TPSA) is 75.3 Å². The average Bonchev–Trinajstić information content (AvgIpc) is 2.64. The summed E-state index contributed by atoms with van der Waals surface area (Å²) in [5.41, 5.74) is 0.960. The number of rotatable bonds is 5. The van der Waals surface area contributed by atoms with Crippen LogP contribution in [-0.2, 0) is 14.8 Å². The van der Waals surface area contributed by atoms with Crippen LogP contribution in [0.1, 0.15) is 19.3 Å². The van der Waals surface area contributed by atoms with Crippen molar-refractivity contribution in [1.29, 1.82) is 0 Å². The number of halogens is 1. The van der Waals surface area contributed by atoms with E-state index in [1.54, 1.807) is 24.3 Å². The van der Waals surface area contributed by atoms with Crippen molar-refractivity contribution in [2.24, 2.45) is 5.92 Å². The summed E-state index contributed by atoms with van der Waals surface area (Å²) in [6.07, 6.45) is 6.56. The normalized spacial score (nSPS) is 16.9. The van der Waals surface area contributed by atoms with Gasteiger partial charge in [0.2, 0.25) is 5.91 Å². The Morgan fingerprint density at radius 1 is 0.962 bits per heavy atom. The number of hydrogen-bond donors (Lipinski definition) is 2. The average molecular weight is 374 g/mol. The fourth-order valence-electron chi connectivity index (χ4n) is 2.73. The first kappa shape index (κ1) is 18.1. The van der Waals surface area contributed by atoms with Crippen LogP contribution in [0.4, 0.5) is 15.8 Å². The van der Waals surface area contributed by atoms with Crippen LogP contribution < -0.4 is 10.0 Å². The number of carbonyl (C=O) groups excluding carboxylic acids is 1. The molecule has 0 heterocycles. The van der Waals surface area contributed by atoms with Crippen LogP contribution in [0.5, 0.6) is 0 Å². The van der Waals surface area contributed by atoms with Gasteiger partial charge in [-0.3, -0.25) is 9.52 Å². The van der Waals surface area contributed by atoms with Gasteiger partial charge in [-0.1, -0.05) is 12.2 Å². The molecule has 5 nitrogen and oxygen atoms in total. The van der Waals surface area contributed by atoms with E-state index >= 15 is 0 Å². The maximum absolute atomic E-state index is 12.9. The van der Waals surface area contributed by atoms with E-state index in [0.29, 0.717) is 11.4 Å². The molecule has 0 radical (unpaired) electrons. The summed E-state index contributed by atoms with van der Waals surface area (Å²) in [5, 5.41) is 2.85. The molecule has 0 spiro atoms. The van der Waals surface area contributed by atoms with Crippen molar-refractivity contribution in [2.45, 2.75) is 24.2 Å². The van der Waals surface area contributed by atoms with Crippen LogP contribution in [0, 0.1) is 11.7 Å². The summed E-state index contributed by atoms with van der Waals surface area (Å²) >= 11 is 0. The van der Waals surface area contributed by atoms with Gasteiger partial charge in [0.15, 0.2) is 0 Å². The standard InChI is InChI=1S/C19H19FN2O3S/c20-15-6-12-18(13-7-15)26(24,25)22-17-10-8-16(9-11-17)21-19(23)14-4-2-1-3-5-14/h1-2,6-14,22H,3-5H2,(H,21,23). The van der Waals surface area contributed by atoms with Gasteiger partial charge in [-0.05, 0) is 67.8 Å². The lowest BCUT2D eigenvalue weighted by Crippen LogP contribution is -2.23. The molecule has 0 aliphatic heterocycles. The summed E-state index contributed by atoms with van der Waals surface area (Å²) in [7, 11) is -3.79. The van der Waals surface area contributed by atoms with Gasteiger partial charge in [-0.2, -0.15) is 0 Å². The van der Waals surface area contributed by atoms with E-state index in [1.165, 1.54) is 12.1 Å². The van der Waals surface area contributed by atoms with Crippen molar-refractivity contribution < 1.29 is 17.6 Å². The van der Waals surface area contributed by atoms with Gasteiger partial charge < -0.3 is 5.32 Å². The Labute approximate surface area is 152 Å². The molecular formula is C19H19FN2O3S. The molecule has 7 heteroatoms. The largest absolute Gasteiger partial charge is 0.326 e. The lowest BCUT2D eigenvalue weighted by Gasteiger charge is -2.17. The third-order valence-corrected chi connectivity index (χ3v) is 5.57. The zero-order chi connectivity index (χ0) is 18.6. The Morgan fingerprint density at radius 3 is 2.23 bits per heavy atom. The molecule has 1 amide bonds. The lowest BCUT2D eigenvalue weighted by molar-refractivity contribution is -0.120. The maximum Gasteiger partial charge on any atom is 0.261 e. The molecule has 136 valence electrons. The fraction of sp³-hybridized carbons (Fsp3) is 0.211. The van der Waals surface area contributed by atoms with Crippen LogP contribution >= 0.6 is 0 Å². The van der Waals surface area contributed by atoms with Crippen molar-refractivity contribution in [1.82, 2.24) is 0 Å². The van der Waals surface area contributed by atoms with E-state index in [0.717, 1.165) is 31.4 Å². The molecule has 1 unspecified atom stereocenters. The van der Waals surface area contributed by atoms with Crippen molar-refractivity contribution in [3.63, 3.8) is 0 Å². The predicted octanol–water partition coefficient (Wildman–Crippen LogP) is 3.92. The summed E-state index contributed by atoms with van der Waals surface area (Å²) < 4.78 is 39.9. The molecule has 2 N–H and O–H groups in total. The summed E-state index contributed by atoms with van der Waals surface area (Å²) in [6.45, 7) is 0. The van der Waals surface area contributed by atoms with Gasteiger partial charge in [0, 0.05) is 17.3 Å². The Balaban J connectivity index is 1.64. The zero-order valence-corrected chi connectivity index (χ0v) is 14.8. The second kappa shape index (κ2) is 7.70. The van der Waals surface area contributed by atoms with Crippen molar-refractivity contribution >= 4 is 27.3 Å². The zero-order valence-electron chi connectivity index (χ0n) is 14.0. The molecule has 0 bridgehead atoms. The van der Waals surface area contributed by atoms with Gasteiger partial charge in [0.25, 0.3) is 10.0 Å². The number of hydrogen-bond acceptors (Lipinski definition) is 3. The van der Waals surface area contributed by atoms with Crippen LogP contribution in [0.3, 0.4) is 0 Å². The van der Waals surface area contributed by atoms with E-state index in [2.05, 4.69) is 16.1 Å².